The van der Waals surface area contributed by atoms with E-state index in [4.69, 9.17) is 0 Å². The molecule has 0 saturated carbocycles. The van der Waals surface area contributed by atoms with Gasteiger partial charge in [-0.25, -0.2) is 0 Å². The van der Waals surface area contributed by atoms with Crippen LogP contribution in [0.1, 0.15) is 16.1 Å². The summed E-state index contributed by atoms with van der Waals surface area (Å²) in [6.07, 6.45) is 0.685. The van der Waals surface area contributed by atoms with Crippen molar-refractivity contribution in [3.05, 3.63) is 82.3 Å². The summed E-state index contributed by atoms with van der Waals surface area (Å²) in [6.45, 7) is 0.567. The number of nitrogens with zero attached hydrogens (tertiary/aromatic N) is 1. The molecule has 1 amide bonds. The SMILES string of the molecule is O=C(c1cc2ccccc2c(=O)[nH]1)N(CCO)CCc1ccccc1. The van der Waals surface area contributed by atoms with Crippen molar-refractivity contribution >= 4 is 16.7 Å². The van der Waals surface area contributed by atoms with E-state index in [9.17, 15) is 14.7 Å². The maximum Gasteiger partial charge on any atom is 0.270 e. The van der Waals surface area contributed by atoms with Gasteiger partial charge in [-0.1, -0.05) is 48.5 Å². The first-order valence-electron chi connectivity index (χ1n) is 8.25. The first kappa shape index (κ1) is 16.9. The fourth-order valence-electron chi connectivity index (χ4n) is 2.84. The Balaban J connectivity index is 1.83. The highest BCUT2D eigenvalue weighted by atomic mass is 16.3. The minimum absolute atomic E-state index is 0.127. The molecule has 5 heteroatoms. The molecular formula is C20H20N2O3. The second-order valence-corrected chi connectivity index (χ2v) is 5.85. The number of aromatic nitrogens is 1. The number of nitrogens with one attached hydrogen (secondary N) is 1. The minimum atomic E-state index is -0.284. The Labute approximate surface area is 145 Å². The molecule has 25 heavy (non-hydrogen) atoms. The Morgan fingerprint density at radius 3 is 2.48 bits per heavy atom. The molecule has 0 aliphatic carbocycles. The molecule has 2 aromatic carbocycles. The van der Waals surface area contributed by atoms with Crippen molar-refractivity contribution in [1.82, 2.24) is 9.88 Å². The van der Waals surface area contributed by atoms with Crippen molar-refractivity contribution in [2.24, 2.45) is 0 Å². The summed E-state index contributed by atoms with van der Waals surface area (Å²) < 4.78 is 0. The number of pyridine rings is 1. The minimum Gasteiger partial charge on any atom is -0.395 e. The smallest absolute Gasteiger partial charge is 0.270 e. The molecule has 1 heterocycles. The number of aromatic amines is 1. The number of hydrogen-bond donors (Lipinski definition) is 2. The molecule has 0 saturated heterocycles. The fraction of sp³-hybridized carbons (Fsp3) is 0.200. The van der Waals surface area contributed by atoms with Crippen molar-refractivity contribution in [3.8, 4) is 0 Å². The van der Waals surface area contributed by atoms with Gasteiger partial charge in [0, 0.05) is 18.5 Å². The topological polar surface area (TPSA) is 73.4 Å². The van der Waals surface area contributed by atoms with Crippen LogP contribution in [-0.2, 0) is 6.42 Å². The summed E-state index contributed by atoms with van der Waals surface area (Å²) in [5, 5.41) is 10.6. The first-order valence-corrected chi connectivity index (χ1v) is 8.25. The monoisotopic (exact) mass is 336 g/mol. The summed E-state index contributed by atoms with van der Waals surface area (Å²) >= 11 is 0. The molecule has 0 atom stereocenters. The van der Waals surface area contributed by atoms with Crippen LogP contribution in [0.4, 0.5) is 0 Å². The summed E-state index contributed by atoms with van der Waals surface area (Å²) in [4.78, 5) is 29.2. The van der Waals surface area contributed by atoms with E-state index in [1.165, 1.54) is 0 Å². The second-order valence-electron chi connectivity index (χ2n) is 5.85. The van der Waals surface area contributed by atoms with Crippen LogP contribution in [0.2, 0.25) is 0 Å². The predicted octanol–water partition coefficient (Wildman–Crippen LogP) is 2.21. The molecule has 3 rings (SSSR count). The quantitative estimate of drug-likeness (QED) is 0.725. The lowest BCUT2D eigenvalue weighted by molar-refractivity contribution is 0.0718. The van der Waals surface area contributed by atoms with E-state index < -0.39 is 0 Å². The summed E-state index contributed by atoms with van der Waals surface area (Å²) in [5.74, 6) is -0.284. The molecule has 0 unspecified atom stereocenters. The molecule has 0 aliphatic heterocycles. The Hall–Kier alpha value is -2.92. The van der Waals surface area contributed by atoms with Crippen LogP contribution in [-0.4, -0.2) is 40.6 Å². The van der Waals surface area contributed by atoms with E-state index in [1.54, 1.807) is 23.1 Å². The van der Waals surface area contributed by atoms with Crippen LogP contribution in [0.25, 0.3) is 10.8 Å². The summed E-state index contributed by atoms with van der Waals surface area (Å²) in [7, 11) is 0. The Kier molecular flexibility index (Phi) is 5.26. The van der Waals surface area contributed by atoms with Gasteiger partial charge in [0.1, 0.15) is 5.69 Å². The maximum absolute atomic E-state index is 12.8. The lowest BCUT2D eigenvalue weighted by Gasteiger charge is -2.22. The number of rotatable bonds is 6. The summed E-state index contributed by atoms with van der Waals surface area (Å²) in [6, 6.07) is 18.7. The summed E-state index contributed by atoms with van der Waals surface area (Å²) in [5.41, 5.74) is 1.07. The molecule has 3 aromatic rings. The highest BCUT2D eigenvalue weighted by Gasteiger charge is 2.17. The van der Waals surface area contributed by atoms with Gasteiger partial charge >= 0.3 is 0 Å². The van der Waals surface area contributed by atoms with Gasteiger partial charge in [-0.3, -0.25) is 9.59 Å². The number of amides is 1. The fourth-order valence-corrected chi connectivity index (χ4v) is 2.84. The standard InChI is InChI=1S/C20H20N2O3/c23-13-12-22(11-10-15-6-2-1-3-7-15)20(25)18-14-16-8-4-5-9-17(16)19(24)21-18/h1-9,14,23H,10-13H2,(H,21,24). The zero-order valence-corrected chi connectivity index (χ0v) is 13.8. The van der Waals surface area contributed by atoms with Gasteiger partial charge < -0.3 is 15.0 Å². The number of aliphatic hydroxyl groups excluding tert-OH is 1. The van der Waals surface area contributed by atoms with E-state index in [0.717, 1.165) is 10.9 Å². The van der Waals surface area contributed by atoms with Crippen LogP contribution in [0.5, 0.6) is 0 Å². The van der Waals surface area contributed by atoms with Gasteiger partial charge in [-0.05, 0) is 29.5 Å². The zero-order valence-electron chi connectivity index (χ0n) is 13.8. The van der Waals surface area contributed by atoms with Crippen molar-refractivity contribution < 1.29 is 9.90 Å². The average Bonchev–Trinajstić information content (AvgIpc) is 2.65. The van der Waals surface area contributed by atoms with Gasteiger partial charge in [0.15, 0.2) is 0 Å². The second kappa shape index (κ2) is 7.77. The number of benzene rings is 2. The van der Waals surface area contributed by atoms with Gasteiger partial charge in [0.2, 0.25) is 0 Å². The van der Waals surface area contributed by atoms with E-state index in [-0.39, 0.29) is 30.3 Å². The number of hydrogen-bond acceptors (Lipinski definition) is 3. The third-order valence-corrected chi connectivity index (χ3v) is 4.15. The normalized spacial score (nSPS) is 10.8. The van der Waals surface area contributed by atoms with E-state index in [1.807, 2.05) is 42.5 Å². The lowest BCUT2D eigenvalue weighted by atomic mass is 10.1. The van der Waals surface area contributed by atoms with Crippen LogP contribution in [0.15, 0.2) is 65.5 Å². The van der Waals surface area contributed by atoms with Gasteiger partial charge in [-0.2, -0.15) is 0 Å². The van der Waals surface area contributed by atoms with Crippen molar-refractivity contribution in [3.63, 3.8) is 0 Å². The maximum atomic E-state index is 12.8. The molecule has 5 nitrogen and oxygen atoms in total. The van der Waals surface area contributed by atoms with Crippen LogP contribution in [0.3, 0.4) is 0 Å². The van der Waals surface area contributed by atoms with Crippen molar-refractivity contribution in [2.45, 2.75) is 6.42 Å². The third kappa shape index (κ3) is 3.95. The van der Waals surface area contributed by atoms with Crippen LogP contribution >= 0.6 is 0 Å². The molecule has 1 aromatic heterocycles. The number of carbonyl (C=O) groups is 1. The number of carbonyl (C=O) groups excluding carboxylic acids is 1. The number of aliphatic hydroxyl groups is 1. The Bertz CT molecular complexity index is 919. The van der Waals surface area contributed by atoms with E-state index >= 15 is 0 Å². The van der Waals surface area contributed by atoms with Gasteiger partial charge in [-0.15, -0.1) is 0 Å². The molecule has 128 valence electrons. The molecule has 0 spiro atoms. The van der Waals surface area contributed by atoms with Crippen molar-refractivity contribution in [2.75, 3.05) is 19.7 Å². The Morgan fingerprint density at radius 2 is 1.72 bits per heavy atom. The number of H-pyrrole nitrogens is 1. The zero-order chi connectivity index (χ0) is 17.6. The molecule has 0 aliphatic rings. The van der Waals surface area contributed by atoms with Gasteiger partial charge in [0.25, 0.3) is 11.5 Å². The largest absolute Gasteiger partial charge is 0.395 e. The molecule has 2 N–H and O–H groups in total. The molecule has 0 bridgehead atoms. The number of fused-ring (bicyclic) bond motifs is 1. The van der Waals surface area contributed by atoms with Gasteiger partial charge in [0.05, 0.1) is 6.61 Å². The molecular weight excluding hydrogens is 316 g/mol. The van der Waals surface area contributed by atoms with E-state index in [0.29, 0.717) is 18.4 Å². The van der Waals surface area contributed by atoms with Crippen LogP contribution < -0.4 is 5.56 Å². The molecule has 0 radical (unpaired) electrons. The van der Waals surface area contributed by atoms with Crippen LogP contribution in [0, 0.1) is 0 Å². The average molecular weight is 336 g/mol. The van der Waals surface area contributed by atoms with E-state index in [2.05, 4.69) is 4.98 Å². The molecule has 0 fully saturated rings. The van der Waals surface area contributed by atoms with Crippen molar-refractivity contribution in [1.29, 1.82) is 0 Å². The Morgan fingerprint density at radius 1 is 1.00 bits per heavy atom. The highest BCUT2D eigenvalue weighted by Crippen LogP contribution is 2.12. The third-order valence-electron chi connectivity index (χ3n) is 4.15. The highest BCUT2D eigenvalue weighted by molar-refractivity contribution is 5.96. The first-order chi connectivity index (χ1) is 12.2. The predicted molar refractivity (Wildman–Crippen MR) is 97.7 cm³/mol. The lowest BCUT2D eigenvalue weighted by Crippen LogP contribution is -2.36.